The van der Waals surface area contributed by atoms with Gasteiger partial charge in [0, 0.05) is 23.9 Å². The van der Waals surface area contributed by atoms with Crippen molar-refractivity contribution >= 4 is 0 Å². The Hall–Kier alpha value is -1.98. The average molecular weight is 338 g/mol. The number of methoxy groups -OCH3 is 1. The van der Waals surface area contributed by atoms with Gasteiger partial charge in [-0.15, -0.1) is 0 Å². The van der Waals surface area contributed by atoms with E-state index in [9.17, 15) is 13.2 Å². The summed E-state index contributed by atoms with van der Waals surface area (Å²) >= 11 is 0. The number of ether oxygens (including phenoxy) is 1. The lowest BCUT2D eigenvalue weighted by Gasteiger charge is -2.29. The summed E-state index contributed by atoms with van der Waals surface area (Å²) in [6.45, 7) is 0.610. The molecule has 3 rings (SSSR count). The first-order valence-electron chi connectivity index (χ1n) is 8.18. The van der Waals surface area contributed by atoms with Crippen LogP contribution in [0, 0.1) is 5.92 Å². The summed E-state index contributed by atoms with van der Waals surface area (Å²) in [6, 6.07) is 7.75. The number of nitrogens with zero attached hydrogens (tertiary/aromatic N) is 2. The van der Waals surface area contributed by atoms with Gasteiger partial charge < -0.3 is 9.30 Å². The molecule has 0 atom stereocenters. The molecule has 0 aliphatic heterocycles. The lowest BCUT2D eigenvalue weighted by Crippen LogP contribution is -2.28. The van der Waals surface area contributed by atoms with Crippen LogP contribution in [0.25, 0.3) is 0 Å². The minimum atomic E-state index is -4.07. The zero-order chi connectivity index (χ0) is 17.2. The first-order chi connectivity index (χ1) is 11.5. The molecular weight excluding hydrogens is 317 g/mol. The van der Waals surface area contributed by atoms with Gasteiger partial charge >= 0.3 is 6.18 Å². The van der Waals surface area contributed by atoms with Crippen molar-refractivity contribution in [1.29, 1.82) is 0 Å². The number of alkyl halides is 3. The third-order valence-electron chi connectivity index (χ3n) is 4.84. The third-order valence-corrected chi connectivity index (χ3v) is 4.84. The van der Waals surface area contributed by atoms with E-state index in [1.807, 2.05) is 35.0 Å². The first-order valence-corrected chi connectivity index (χ1v) is 8.18. The van der Waals surface area contributed by atoms with Crippen LogP contribution >= 0.6 is 0 Å². The molecule has 1 heterocycles. The van der Waals surface area contributed by atoms with Crippen LogP contribution in [0.3, 0.4) is 0 Å². The molecule has 0 unspecified atom stereocenters. The molecular formula is C18H21F3N2O. The molecule has 1 aromatic heterocycles. The fraction of sp³-hybridized carbons (Fsp3) is 0.500. The van der Waals surface area contributed by atoms with E-state index >= 15 is 0 Å². The Kier molecular flexibility index (Phi) is 4.83. The molecule has 3 nitrogen and oxygen atoms in total. The number of para-hydroxylation sites is 1. The smallest absolute Gasteiger partial charge is 0.391 e. The second-order valence-electron chi connectivity index (χ2n) is 6.32. The van der Waals surface area contributed by atoms with Gasteiger partial charge in [-0.2, -0.15) is 13.2 Å². The van der Waals surface area contributed by atoms with Crippen molar-refractivity contribution in [2.24, 2.45) is 5.92 Å². The maximum Gasteiger partial charge on any atom is 0.391 e. The van der Waals surface area contributed by atoms with Crippen LogP contribution in [0.5, 0.6) is 5.75 Å². The van der Waals surface area contributed by atoms with Crippen LogP contribution in [0.15, 0.2) is 36.7 Å². The molecule has 24 heavy (non-hydrogen) atoms. The lowest BCUT2D eigenvalue weighted by atomic mass is 9.81. The maximum atomic E-state index is 12.8. The summed E-state index contributed by atoms with van der Waals surface area (Å²) < 4.78 is 45.9. The van der Waals surface area contributed by atoms with Crippen LogP contribution in [-0.2, 0) is 6.54 Å². The largest absolute Gasteiger partial charge is 0.496 e. The summed E-state index contributed by atoms with van der Waals surface area (Å²) in [4.78, 5) is 4.42. The molecule has 130 valence electrons. The van der Waals surface area contributed by atoms with Crippen LogP contribution in [0.2, 0.25) is 0 Å². The standard InChI is InChI=1S/C18H21F3N2O/c1-24-16-5-3-2-4-14(16)12-23-11-10-22-17(23)13-6-8-15(9-7-13)18(19,20)21/h2-5,10-11,13,15H,6-9,12H2,1H3. The topological polar surface area (TPSA) is 27.1 Å². The van der Waals surface area contributed by atoms with E-state index in [1.54, 1.807) is 13.3 Å². The summed E-state index contributed by atoms with van der Waals surface area (Å²) in [7, 11) is 1.63. The van der Waals surface area contributed by atoms with Gasteiger partial charge in [0.1, 0.15) is 11.6 Å². The van der Waals surface area contributed by atoms with Crippen LogP contribution in [0.4, 0.5) is 13.2 Å². The molecule has 1 fully saturated rings. The zero-order valence-electron chi connectivity index (χ0n) is 13.6. The molecule has 0 N–H and O–H groups in total. The molecule has 0 amide bonds. The third kappa shape index (κ3) is 3.57. The SMILES string of the molecule is COc1ccccc1Cn1ccnc1C1CCC(C(F)(F)F)CC1. The van der Waals surface area contributed by atoms with Crippen LogP contribution < -0.4 is 4.74 Å². The predicted octanol–water partition coefficient (Wildman–Crippen LogP) is 4.78. The second-order valence-corrected chi connectivity index (χ2v) is 6.32. The summed E-state index contributed by atoms with van der Waals surface area (Å²) in [6.07, 6.45) is 0.988. The van der Waals surface area contributed by atoms with Crippen molar-refractivity contribution in [2.45, 2.75) is 44.3 Å². The summed E-state index contributed by atoms with van der Waals surface area (Å²) in [5.74, 6) is 0.610. The zero-order valence-corrected chi connectivity index (χ0v) is 13.6. The monoisotopic (exact) mass is 338 g/mol. The molecule has 1 aliphatic rings. The van der Waals surface area contributed by atoms with Gasteiger partial charge in [-0.1, -0.05) is 18.2 Å². The van der Waals surface area contributed by atoms with Crippen LogP contribution in [-0.4, -0.2) is 22.8 Å². The van der Waals surface area contributed by atoms with Crippen molar-refractivity contribution in [2.75, 3.05) is 7.11 Å². The molecule has 1 aliphatic carbocycles. The Balaban J connectivity index is 1.72. The highest BCUT2D eigenvalue weighted by Crippen LogP contribution is 2.42. The van der Waals surface area contributed by atoms with Crippen molar-refractivity contribution < 1.29 is 17.9 Å². The van der Waals surface area contributed by atoms with E-state index in [0.29, 0.717) is 19.4 Å². The number of hydrogen-bond donors (Lipinski definition) is 0. The van der Waals surface area contributed by atoms with Crippen molar-refractivity contribution in [3.63, 3.8) is 0 Å². The van der Waals surface area contributed by atoms with E-state index in [-0.39, 0.29) is 18.8 Å². The molecule has 6 heteroatoms. The second kappa shape index (κ2) is 6.87. The number of halogens is 3. The molecule has 1 aromatic carbocycles. The predicted molar refractivity (Wildman–Crippen MR) is 85.1 cm³/mol. The van der Waals surface area contributed by atoms with E-state index in [2.05, 4.69) is 4.98 Å². The Labute approximate surface area is 139 Å². The minimum absolute atomic E-state index is 0.0910. The highest BCUT2D eigenvalue weighted by molar-refractivity contribution is 5.33. The fourth-order valence-electron chi connectivity index (χ4n) is 3.51. The van der Waals surface area contributed by atoms with Gasteiger partial charge in [0.25, 0.3) is 0 Å². The van der Waals surface area contributed by atoms with E-state index in [4.69, 9.17) is 4.74 Å². The Morgan fingerprint density at radius 2 is 1.88 bits per heavy atom. The number of aromatic nitrogens is 2. The summed E-state index contributed by atoms with van der Waals surface area (Å²) in [5.41, 5.74) is 1.03. The molecule has 0 spiro atoms. The summed E-state index contributed by atoms with van der Waals surface area (Å²) in [5, 5.41) is 0. The average Bonchev–Trinajstić information content (AvgIpc) is 3.03. The Morgan fingerprint density at radius 1 is 1.17 bits per heavy atom. The highest BCUT2D eigenvalue weighted by atomic mass is 19.4. The number of imidazole rings is 1. The molecule has 0 bridgehead atoms. The first kappa shape index (κ1) is 16.9. The number of benzene rings is 1. The quantitative estimate of drug-likeness (QED) is 0.802. The van der Waals surface area contributed by atoms with Crippen molar-refractivity contribution in [1.82, 2.24) is 9.55 Å². The number of rotatable bonds is 4. The van der Waals surface area contributed by atoms with Gasteiger partial charge in [-0.05, 0) is 31.7 Å². The minimum Gasteiger partial charge on any atom is -0.496 e. The van der Waals surface area contributed by atoms with E-state index in [1.165, 1.54) is 0 Å². The van der Waals surface area contributed by atoms with E-state index < -0.39 is 12.1 Å². The van der Waals surface area contributed by atoms with Crippen LogP contribution in [0.1, 0.15) is 43.0 Å². The molecule has 1 saturated carbocycles. The van der Waals surface area contributed by atoms with Gasteiger partial charge in [-0.25, -0.2) is 4.98 Å². The fourth-order valence-corrected chi connectivity index (χ4v) is 3.51. The normalized spacial score (nSPS) is 21.7. The van der Waals surface area contributed by atoms with E-state index in [0.717, 1.165) is 17.1 Å². The van der Waals surface area contributed by atoms with Gasteiger partial charge in [0.2, 0.25) is 0 Å². The van der Waals surface area contributed by atoms with Crippen molar-refractivity contribution in [3.05, 3.63) is 48.0 Å². The van der Waals surface area contributed by atoms with Gasteiger partial charge in [0.05, 0.1) is 19.6 Å². The molecule has 0 saturated heterocycles. The maximum absolute atomic E-state index is 12.8. The number of hydrogen-bond acceptors (Lipinski definition) is 2. The molecule has 0 radical (unpaired) electrons. The van der Waals surface area contributed by atoms with Gasteiger partial charge in [-0.3, -0.25) is 0 Å². The Morgan fingerprint density at radius 3 is 2.54 bits per heavy atom. The molecule has 2 aromatic rings. The van der Waals surface area contributed by atoms with Gasteiger partial charge in [0.15, 0.2) is 0 Å². The Bertz CT molecular complexity index is 673. The lowest BCUT2D eigenvalue weighted by molar-refractivity contribution is -0.182. The van der Waals surface area contributed by atoms with Crippen molar-refractivity contribution in [3.8, 4) is 5.75 Å². The highest BCUT2D eigenvalue weighted by Gasteiger charge is 2.42.